The van der Waals surface area contributed by atoms with Gasteiger partial charge in [-0.1, -0.05) is 5.16 Å². The number of amidine groups is 1. The minimum atomic E-state index is -4.45. The molecular formula is C14H12F3N3O3. The molecule has 0 aliphatic carbocycles. The Bertz CT molecular complexity index is 683. The van der Waals surface area contributed by atoms with Gasteiger partial charge in [-0.2, -0.15) is 13.2 Å². The van der Waals surface area contributed by atoms with Crippen molar-refractivity contribution in [3.8, 4) is 11.6 Å². The maximum Gasteiger partial charge on any atom is 0.417 e. The molecule has 0 amide bonds. The van der Waals surface area contributed by atoms with Crippen LogP contribution in [0.1, 0.15) is 11.1 Å². The van der Waals surface area contributed by atoms with Gasteiger partial charge >= 0.3 is 6.18 Å². The number of aromatic nitrogens is 1. The minimum absolute atomic E-state index is 0.000995. The summed E-state index contributed by atoms with van der Waals surface area (Å²) in [6.07, 6.45) is -3.77. The fourth-order valence-corrected chi connectivity index (χ4v) is 1.71. The molecule has 0 radical (unpaired) electrons. The highest BCUT2D eigenvalue weighted by Gasteiger charge is 2.30. The largest absolute Gasteiger partial charge is 0.439 e. The number of hydroxylamine groups is 2. The molecule has 23 heavy (non-hydrogen) atoms. The summed E-state index contributed by atoms with van der Waals surface area (Å²) in [5.74, 6) is 0.240. The van der Waals surface area contributed by atoms with Crippen LogP contribution in [-0.2, 0) is 6.18 Å². The van der Waals surface area contributed by atoms with Crippen LogP contribution in [0.3, 0.4) is 0 Å². The summed E-state index contributed by atoms with van der Waals surface area (Å²) in [7, 11) is 1.28. The average molecular weight is 327 g/mol. The first-order chi connectivity index (χ1) is 10.8. The van der Waals surface area contributed by atoms with E-state index in [1.165, 1.54) is 31.3 Å². The second kappa shape index (κ2) is 6.53. The Labute approximate surface area is 129 Å². The van der Waals surface area contributed by atoms with E-state index in [0.717, 1.165) is 12.1 Å². The molecule has 0 fully saturated rings. The zero-order chi connectivity index (χ0) is 17.0. The summed E-state index contributed by atoms with van der Waals surface area (Å²) in [4.78, 5) is 3.59. The molecule has 0 spiro atoms. The van der Waals surface area contributed by atoms with E-state index in [4.69, 9.17) is 9.94 Å². The summed E-state index contributed by atoms with van der Waals surface area (Å²) in [5, 5.41) is 21.6. The van der Waals surface area contributed by atoms with Crippen LogP contribution in [0.4, 0.5) is 13.2 Å². The van der Waals surface area contributed by atoms with Gasteiger partial charge in [0, 0.05) is 24.9 Å². The molecule has 1 aromatic carbocycles. The van der Waals surface area contributed by atoms with Crippen LogP contribution in [0.2, 0.25) is 0 Å². The number of halogens is 3. The van der Waals surface area contributed by atoms with Crippen molar-refractivity contribution in [3.63, 3.8) is 0 Å². The SMILES string of the molecule is CN(O)/C(=N\O)c1ccc(Oc2ccc(C(F)(F)F)cn2)cc1. The van der Waals surface area contributed by atoms with Crippen molar-refractivity contribution in [2.75, 3.05) is 7.05 Å². The third kappa shape index (κ3) is 4.10. The molecule has 0 bridgehead atoms. The highest BCUT2D eigenvalue weighted by Crippen LogP contribution is 2.30. The summed E-state index contributed by atoms with van der Waals surface area (Å²) in [6, 6.07) is 7.96. The summed E-state index contributed by atoms with van der Waals surface area (Å²) in [6.45, 7) is 0. The molecule has 122 valence electrons. The van der Waals surface area contributed by atoms with E-state index in [1.807, 2.05) is 0 Å². The highest BCUT2D eigenvalue weighted by atomic mass is 19.4. The Kier molecular flexibility index (Phi) is 4.70. The number of hydrogen-bond acceptors (Lipinski definition) is 5. The molecule has 2 aromatic rings. The van der Waals surface area contributed by atoms with E-state index in [2.05, 4.69) is 10.1 Å². The smallest absolute Gasteiger partial charge is 0.417 e. The molecule has 0 unspecified atom stereocenters. The summed E-state index contributed by atoms with van der Waals surface area (Å²) in [5.41, 5.74) is -0.458. The van der Waals surface area contributed by atoms with Gasteiger partial charge in [-0.15, -0.1) is 0 Å². The van der Waals surface area contributed by atoms with Gasteiger partial charge in [0.2, 0.25) is 5.88 Å². The number of rotatable bonds is 3. The van der Waals surface area contributed by atoms with E-state index in [-0.39, 0.29) is 11.7 Å². The fourth-order valence-electron chi connectivity index (χ4n) is 1.71. The maximum atomic E-state index is 12.4. The van der Waals surface area contributed by atoms with Gasteiger partial charge in [0.05, 0.1) is 5.56 Å². The van der Waals surface area contributed by atoms with Crippen LogP contribution in [0.5, 0.6) is 11.6 Å². The van der Waals surface area contributed by atoms with Crippen molar-refractivity contribution >= 4 is 5.84 Å². The van der Waals surface area contributed by atoms with Gasteiger partial charge in [0.1, 0.15) is 5.75 Å². The predicted molar refractivity (Wildman–Crippen MR) is 73.6 cm³/mol. The lowest BCUT2D eigenvalue weighted by molar-refractivity contribution is -0.137. The number of hydrogen-bond donors (Lipinski definition) is 2. The second-order valence-electron chi connectivity index (χ2n) is 4.46. The lowest BCUT2D eigenvalue weighted by Gasteiger charge is -2.12. The third-order valence-corrected chi connectivity index (χ3v) is 2.80. The minimum Gasteiger partial charge on any atom is -0.439 e. The number of benzene rings is 1. The first-order valence-corrected chi connectivity index (χ1v) is 6.27. The average Bonchev–Trinajstić information content (AvgIpc) is 2.49. The number of nitrogens with zero attached hydrogens (tertiary/aromatic N) is 3. The van der Waals surface area contributed by atoms with Crippen LogP contribution in [-0.4, -0.2) is 33.3 Å². The van der Waals surface area contributed by atoms with E-state index in [0.29, 0.717) is 22.6 Å². The van der Waals surface area contributed by atoms with Crippen LogP contribution in [0.25, 0.3) is 0 Å². The summed E-state index contributed by atoms with van der Waals surface area (Å²) >= 11 is 0. The van der Waals surface area contributed by atoms with E-state index in [9.17, 15) is 18.4 Å². The first kappa shape index (κ1) is 16.6. The number of alkyl halides is 3. The molecule has 0 saturated heterocycles. The summed E-state index contributed by atoms with van der Waals surface area (Å²) < 4.78 is 42.6. The zero-order valence-corrected chi connectivity index (χ0v) is 11.8. The predicted octanol–water partition coefficient (Wildman–Crippen LogP) is 3.35. The van der Waals surface area contributed by atoms with Crippen LogP contribution >= 0.6 is 0 Å². The highest BCUT2D eigenvalue weighted by molar-refractivity contribution is 5.97. The van der Waals surface area contributed by atoms with Gasteiger partial charge in [0.25, 0.3) is 0 Å². The van der Waals surface area contributed by atoms with Crippen molar-refractivity contribution in [2.24, 2.45) is 5.16 Å². The fraction of sp³-hybridized carbons (Fsp3) is 0.143. The van der Waals surface area contributed by atoms with Gasteiger partial charge < -0.3 is 9.94 Å². The first-order valence-electron chi connectivity index (χ1n) is 6.27. The molecule has 0 aliphatic heterocycles. The molecule has 0 saturated carbocycles. The molecule has 0 atom stereocenters. The van der Waals surface area contributed by atoms with Crippen LogP contribution in [0, 0.1) is 0 Å². The maximum absolute atomic E-state index is 12.4. The topological polar surface area (TPSA) is 78.2 Å². The third-order valence-electron chi connectivity index (χ3n) is 2.80. The van der Waals surface area contributed by atoms with E-state index in [1.54, 1.807) is 0 Å². The van der Waals surface area contributed by atoms with Crippen molar-refractivity contribution in [1.82, 2.24) is 10.0 Å². The molecule has 0 aliphatic rings. The Morgan fingerprint density at radius 1 is 1.17 bits per heavy atom. The molecule has 2 N–H and O–H groups in total. The molecular weight excluding hydrogens is 315 g/mol. The van der Waals surface area contributed by atoms with Crippen molar-refractivity contribution in [2.45, 2.75) is 6.18 Å². The lowest BCUT2D eigenvalue weighted by atomic mass is 10.2. The Hall–Kier alpha value is -2.81. The van der Waals surface area contributed by atoms with Crippen LogP contribution < -0.4 is 4.74 Å². The number of oxime groups is 1. The monoisotopic (exact) mass is 327 g/mol. The van der Waals surface area contributed by atoms with Gasteiger partial charge in [-0.05, 0) is 30.3 Å². The van der Waals surface area contributed by atoms with Gasteiger partial charge in [-0.3, -0.25) is 5.21 Å². The second-order valence-corrected chi connectivity index (χ2v) is 4.46. The Morgan fingerprint density at radius 3 is 2.26 bits per heavy atom. The van der Waals surface area contributed by atoms with E-state index >= 15 is 0 Å². The lowest BCUT2D eigenvalue weighted by Crippen LogP contribution is -2.23. The molecule has 2 rings (SSSR count). The Morgan fingerprint density at radius 2 is 1.83 bits per heavy atom. The van der Waals surface area contributed by atoms with E-state index < -0.39 is 11.7 Å². The molecule has 9 heteroatoms. The zero-order valence-electron chi connectivity index (χ0n) is 11.8. The number of ether oxygens (including phenoxy) is 1. The number of pyridine rings is 1. The van der Waals surface area contributed by atoms with Crippen LogP contribution in [0.15, 0.2) is 47.8 Å². The van der Waals surface area contributed by atoms with Crippen molar-refractivity contribution in [3.05, 3.63) is 53.7 Å². The molecule has 1 aromatic heterocycles. The molecule has 6 nitrogen and oxygen atoms in total. The van der Waals surface area contributed by atoms with Gasteiger partial charge in [-0.25, -0.2) is 10.0 Å². The standard InChI is InChI=1S/C14H12F3N3O3/c1-20(22)13(19-21)9-2-5-11(6-3-9)23-12-7-4-10(8-18-12)14(15,16)17/h2-8,21-22H,1H3/b19-13-. The van der Waals surface area contributed by atoms with Gasteiger partial charge in [0.15, 0.2) is 5.84 Å². The quantitative estimate of drug-likeness (QED) is 0.391. The van der Waals surface area contributed by atoms with Crippen molar-refractivity contribution < 1.29 is 28.3 Å². The molecule has 1 heterocycles. The normalized spacial score (nSPS) is 12.1. The van der Waals surface area contributed by atoms with Crippen molar-refractivity contribution in [1.29, 1.82) is 0 Å². The Balaban J connectivity index is 2.12.